The largest absolute Gasteiger partial charge is 0.337 e. The Morgan fingerprint density at radius 2 is 1.44 bits per heavy atom. The minimum absolute atomic E-state index is 0.702. The molecular weight excluding hydrogens is 328 g/mol. The van der Waals surface area contributed by atoms with Crippen molar-refractivity contribution >= 4 is 11.6 Å². The number of rotatable bonds is 3. The van der Waals surface area contributed by atoms with Crippen LogP contribution < -0.4 is 0 Å². The first-order valence-corrected chi connectivity index (χ1v) is 8.57. The summed E-state index contributed by atoms with van der Waals surface area (Å²) in [7, 11) is 0. The van der Waals surface area contributed by atoms with E-state index < -0.39 is 0 Å². The Hall–Kier alpha value is -2.84. The molecule has 0 fully saturated rings. The third-order valence-corrected chi connectivity index (χ3v) is 4.51. The van der Waals surface area contributed by atoms with Crippen LogP contribution in [0.3, 0.4) is 0 Å². The van der Waals surface area contributed by atoms with Gasteiger partial charge in [-0.1, -0.05) is 78.3 Å². The van der Waals surface area contributed by atoms with E-state index in [1.807, 2.05) is 61.5 Å². The molecule has 3 aromatic carbocycles. The molecule has 0 bridgehead atoms. The summed E-state index contributed by atoms with van der Waals surface area (Å²) in [5.41, 5.74) is 6.14. The molecule has 0 amide bonds. The number of hydrogen-bond acceptors (Lipinski definition) is 1. The first-order valence-electron chi connectivity index (χ1n) is 8.20. The lowest BCUT2D eigenvalue weighted by Crippen LogP contribution is -1.84. The Labute approximate surface area is 152 Å². The van der Waals surface area contributed by atoms with Crippen molar-refractivity contribution in [1.29, 1.82) is 0 Å². The molecule has 0 aliphatic rings. The van der Waals surface area contributed by atoms with Gasteiger partial charge in [0.15, 0.2) is 0 Å². The van der Waals surface area contributed by atoms with Crippen LogP contribution in [0.4, 0.5) is 0 Å². The number of aromatic nitrogens is 2. The van der Waals surface area contributed by atoms with E-state index >= 15 is 0 Å². The van der Waals surface area contributed by atoms with Crippen molar-refractivity contribution in [3.8, 4) is 33.9 Å². The number of nitrogens with zero attached hydrogens (tertiary/aromatic N) is 1. The summed E-state index contributed by atoms with van der Waals surface area (Å²) < 4.78 is 0. The quantitative estimate of drug-likeness (QED) is 0.459. The molecule has 122 valence electrons. The normalized spacial score (nSPS) is 10.8. The summed E-state index contributed by atoms with van der Waals surface area (Å²) in [5, 5.41) is 0.702. The highest BCUT2D eigenvalue weighted by atomic mass is 35.5. The highest BCUT2D eigenvalue weighted by molar-refractivity contribution is 6.33. The summed E-state index contributed by atoms with van der Waals surface area (Å²) in [6.45, 7) is 2.03. The second kappa shape index (κ2) is 6.58. The van der Waals surface area contributed by atoms with Crippen molar-refractivity contribution in [2.45, 2.75) is 6.92 Å². The van der Waals surface area contributed by atoms with Crippen LogP contribution >= 0.6 is 11.6 Å². The summed E-state index contributed by atoms with van der Waals surface area (Å²) in [4.78, 5) is 8.36. The fraction of sp³-hybridized carbons (Fsp3) is 0.0455. The zero-order valence-corrected chi connectivity index (χ0v) is 14.6. The van der Waals surface area contributed by atoms with Gasteiger partial charge in [0.05, 0.1) is 16.4 Å². The Morgan fingerprint density at radius 3 is 2.08 bits per heavy atom. The average molecular weight is 345 g/mol. The number of aryl methyl sites for hydroxylation is 1. The van der Waals surface area contributed by atoms with E-state index in [4.69, 9.17) is 16.6 Å². The van der Waals surface area contributed by atoms with E-state index in [-0.39, 0.29) is 0 Å². The predicted molar refractivity (Wildman–Crippen MR) is 105 cm³/mol. The average Bonchev–Trinajstić information content (AvgIpc) is 3.08. The van der Waals surface area contributed by atoms with Crippen LogP contribution in [0.25, 0.3) is 33.9 Å². The molecule has 0 spiro atoms. The fourth-order valence-electron chi connectivity index (χ4n) is 2.93. The highest BCUT2D eigenvalue weighted by Gasteiger charge is 2.16. The molecule has 0 aliphatic heterocycles. The molecule has 0 radical (unpaired) electrons. The van der Waals surface area contributed by atoms with Gasteiger partial charge < -0.3 is 4.98 Å². The van der Waals surface area contributed by atoms with Gasteiger partial charge in [-0.15, -0.1) is 0 Å². The van der Waals surface area contributed by atoms with E-state index in [2.05, 4.69) is 29.2 Å². The first-order chi connectivity index (χ1) is 12.2. The van der Waals surface area contributed by atoms with Gasteiger partial charge in [-0.3, -0.25) is 0 Å². The van der Waals surface area contributed by atoms with Gasteiger partial charge in [-0.05, 0) is 24.6 Å². The van der Waals surface area contributed by atoms with Gasteiger partial charge in [0.1, 0.15) is 5.82 Å². The van der Waals surface area contributed by atoms with Gasteiger partial charge in [0.25, 0.3) is 0 Å². The Bertz CT molecular complexity index is 948. The Kier molecular flexibility index (Phi) is 4.12. The Balaban J connectivity index is 1.92. The van der Waals surface area contributed by atoms with Gasteiger partial charge in [-0.25, -0.2) is 4.98 Å². The van der Waals surface area contributed by atoms with E-state index in [1.54, 1.807) is 0 Å². The van der Waals surface area contributed by atoms with Gasteiger partial charge >= 0.3 is 0 Å². The highest BCUT2D eigenvalue weighted by Crippen LogP contribution is 2.35. The maximum absolute atomic E-state index is 6.46. The molecule has 0 saturated carbocycles. The lowest BCUT2D eigenvalue weighted by Gasteiger charge is -2.02. The van der Waals surface area contributed by atoms with Crippen LogP contribution in [0.1, 0.15) is 5.56 Å². The number of halogens is 1. The number of aromatic amines is 1. The summed E-state index contributed by atoms with van der Waals surface area (Å²) in [6.07, 6.45) is 0. The van der Waals surface area contributed by atoms with Gasteiger partial charge in [0.2, 0.25) is 0 Å². The molecule has 1 N–H and O–H groups in total. The number of benzene rings is 3. The van der Waals surface area contributed by atoms with Crippen LogP contribution in [0, 0.1) is 6.92 Å². The molecule has 25 heavy (non-hydrogen) atoms. The SMILES string of the molecule is Cc1ccc(-c2nc(-c3ccccc3)c(-c3ccccc3)[nH]2)c(Cl)c1. The molecule has 1 heterocycles. The molecule has 0 atom stereocenters. The molecule has 4 rings (SSSR count). The predicted octanol–water partition coefficient (Wildman–Crippen LogP) is 6.37. The second-order valence-corrected chi connectivity index (χ2v) is 6.43. The minimum atomic E-state index is 0.702. The van der Waals surface area contributed by atoms with Crippen molar-refractivity contribution in [1.82, 2.24) is 9.97 Å². The van der Waals surface area contributed by atoms with Crippen molar-refractivity contribution in [2.75, 3.05) is 0 Å². The standard InChI is InChI=1S/C22H17ClN2/c1-15-12-13-18(19(23)14-15)22-24-20(16-8-4-2-5-9-16)21(25-22)17-10-6-3-7-11-17/h2-14H,1H3,(H,24,25). The van der Waals surface area contributed by atoms with E-state index in [0.717, 1.165) is 39.5 Å². The molecule has 1 aromatic heterocycles. The van der Waals surface area contributed by atoms with Crippen LogP contribution in [0.2, 0.25) is 5.02 Å². The summed E-state index contributed by atoms with van der Waals surface area (Å²) in [6, 6.07) is 26.5. The number of imidazole rings is 1. The van der Waals surface area contributed by atoms with Crippen LogP contribution in [0.15, 0.2) is 78.9 Å². The Morgan fingerprint density at radius 1 is 0.800 bits per heavy atom. The maximum Gasteiger partial charge on any atom is 0.140 e. The van der Waals surface area contributed by atoms with Crippen LogP contribution in [-0.2, 0) is 0 Å². The van der Waals surface area contributed by atoms with Gasteiger partial charge in [0, 0.05) is 16.7 Å². The van der Waals surface area contributed by atoms with Crippen molar-refractivity contribution < 1.29 is 0 Å². The third-order valence-electron chi connectivity index (χ3n) is 4.19. The zero-order valence-electron chi connectivity index (χ0n) is 13.8. The number of H-pyrrole nitrogens is 1. The van der Waals surface area contributed by atoms with E-state index in [9.17, 15) is 0 Å². The lowest BCUT2D eigenvalue weighted by molar-refractivity contribution is 1.30. The third kappa shape index (κ3) is 3.09. The van der Waals surface area contributed by atoms with E-state index in [1.165, 1.54) is 0 Å². The number of nitrogens with one attached hydrogen (secondary N) is 1. The first kappa shape index (κ1) is 15.7. The molecule has 0 aliphatic carbocycles. The van der Waals surface area contributed by atoms with Crippen molar-refractivity contribution in [3.63, 3.8) is 0 Å². The second-order valence-electron chi connectivity index (χ2n) is 6.02. The monoisotopic (exact) mass is 344 g/mol. The van der Waals surface area contributed by atoms with Gasteiger partial charge in [-0.2, -0.15) is 0 Å². The smallest absolute Gasteiger partial charge is 0.140 e. The summed E-state index contributed by atoms with van der Waals surface area (Å²) in [5.74, 6) is 0.780. The summed E-state index contributed by atoms with van der Waals surface area (Å²) >= 11 is 6.46. The fourth-order valence-corrected chi connectivity index (χ4v) is 3.26. The topological polar surface area (TPSA) is 28.7 Å². The molecular formula is C22H17ClN2. The maximum atomic E-state index is 6.46. The van der Waals surface area contributed by atoms with E-state index in [0.29, 0.717) is 5.02 Å². The lowest BCUT2D eigenvalue weighted by atomic mass is 10.1. The molecule has 2 nitrogen and oxygen atoms in total. The molecule has 4 aromatic rings. The van der Waals surface area contributed by atoms with Crippen molar-refractivity contribution in [2.24, 2.45) is 0 Å². The minimum Gasteiger partial charge on any atom is -0.337 e. The van der Waals surface area contributed by atoms with Crippen LogP contribution in [0.5, 0.6) is 0 Å². The molecule has 3 heteroatoms. The zero-order chi connectivity index (χ0) is 17.2. The molecule has 0 unspecified atom stereocenters. The molecule has 0 saturated heterocycles. The van der Waals surface area contributed by atoms with Crippen molar-refractivity contribution in [3.05, 3.63) is 89.4 Å². The van der Waals surface area contributed by atoms with Crippen LogP contribution in [-0.4, -0.2) is 9.97 Å². The number of hydrogen-bond donors (Lipinski definition) is 1.